The normalized spacial score (nSPS) is 18.1. The van der Waals surface area contributed by atoms with Gasteiger partial charge in [0.15, 0.2) is 0 Å². The summed E-state index contributed by atoms with van der Waals surface area (Å²) < 4.78 is 27.4. The Morgan fingerprint density at radius 2 is 1.74 bits per heavy atom. The Morgan fingerprint density at radius 1 is 1.04 bits per heavy atom. The van der Waals surface area contributed by atoms with E-state index in [1.165, 1.54) is 6.42 Å². The number of aliphatic hydroxyl groups excluding tert-OH is 1. The summed E-state index contributed by atoms with van der Waals surface area (Å²) in [5, 5.41) is 12.1. The Bertz CT molecular complexity index is 767. The van der Waals surface area contributed by atoms with Crippen LogP contribution in [-0.2, 0) is 10.0 Å². The smallest absolute Gasteiger partial charge is 0.240 e. The van der Waals surface area contributed by atoms with Crippen LogP contribution in [0.5, 0.6) is 0 Å². The van der Waals surface area contributed by atoms with Gasteiger partial charge in [-0.05, 0) is 41.7 Å². The van der Waals surface area contributed by atoms with Crippen LogP contribution in [0.15, 0.2) is 47.4 Å². The molecule has 2 aromatic carbocycles. The predicted octanol–water partition coefficient (Wildman–Crippen LogP) is 3.06. The van der Waals surface area contributed by atoms with E-state index in [1.807, 2.05) is 30.3 Å². The molecule has 0 aliphatic heterocycles. The maximum atomic E-state index is 12.4. The molecule has 23 heavy (non-hydrogen) atoms. The molecule has 0 heterocycles. The first-order chi connectivity index (χ1) is 11.1. The Morgan fingerprint density at radius 3 is 2.48 bits per heavy atom. The molecule has 3 rings (SSSR count). The molecule has 5 heteroatoms. The summed E-state index contributed by atoms with van der Waals surface area (Å²) in [4.78, 5) is 0.243. The van der Waals surface area contributed by atoms with E-state index in [2.05, 4.69) is 4.72 Å². The standard InChI is InChI=1S/C18H23NO3S/c20-18(15-7-2-1-3-8-15)13-19-23(21,22)17-11-10-14-6-4-5-9-16(14)12-17/h4-6,9-12,15,18-20H,1-3,7-8,13H2. The topological polar surface area (TPSA) is 66.4 Å². The molecule has 1 saturated carbocycles. The highest BCUT2D eigenvalue weighted by atomic mass is 32.2. The molecular formula is C18H23NO3S. The van der Waals surface area contributed by atoms with E-state index in [4.69, 9.17) is 0 Å². The van der Waals surface area contributed by atoms with Crippen LogP contribution < -0.4 is 4.72 Å². The molecule has 2 aromatic rings. The number of hydrogen-bond donors (Lipinski definition) is 2. The predicted molar refractivity (Wildman–Crippen MR) is 91.7 cm³/mol. The van der Waals surface area contributed by atoms with Gasteiger partial charge in [0.2, 0.25) is 10.0 Å². The van der Waals surface area contributed by atoms with Crippen LogP contribution in [0.2, 0.25) is 0 Å². The number of benzene rings is 2. The highest BCUT2D eigenvalue weighted by Gasteiger charge is 2.24. The lowest BCUT2D eigenvalue weighted by Gasteiger charge is -2.26. The molecule has 0 saturated heterocycles. The summed E-state index contributed by atoms with van der Waals surface area (Å²) in [6.07, 6.45) is 4.83. The monoisotopic (exact) mass is 333 g/mol. The molecule has 2 N–H and O–H groups in total. The molecule has 124 valence electrons. The van der Waals surface area contributed by atoms with Gasteiger partial charge in [-0.25, -0.2) is 13.1 Å². The minimum atomic E-state index is -3.60. The van der Waals surface area contributed by atoms with E-state index in [9.17, 15) is 13.5 Å². The molecule has 1 unspecified atom stereocenters. The van der Waals surface area contributed by atoms with Crippen LogP contribution in [-0.4, -0.2) is 26.2 Å². The van der Waals surface area contributed by atoms with Crippen LogP contribution in [0.1, 0.15) is 32.1 Å². The summed E-state index contributed by atoms with van der Waals surface area (Å²) >= 11 is 0. The Kier molecular flexibility index (Phi) is 4.99. The van der Waals surface area contributed by atoms with Gasteiger partial charge in [-0.1, -0.05) is 49.6 Å². The van der Waals surface area contributed by atoms with Gasteiger partial charge >= 0.3 is 0 Å². The summed E-state index contributed by atoms with van der Waals surface area (Å²) in [6, 6.07) is 12.7. The van der Waals surface area contributed by atoms with Gasteiger partial charge in [-0.15, -0.1) is 0 Å². The van der Waals surface area contributed by atoms with Crippen LogP contribution >= 0.6 is 0 Å². The molecule has 4 nitrogen and oxygen atoms in total. The third-order valence-corrected chi connectivity index (χ3v) is 6.13. The first kappa shape index (κ1) is 16.4. The summed E-state index contributed by atoms with van der Waals surface area (Å²) in [5.74, 6) is 0.211. The molecule has 0 aromatic heterocycles. The van der Waals surface area contributed by atoms with Crippen molar-refractivity contribution < 1.29 is 13.5 Å². The third kappa shape index (κ3) is 3.91. The van der Waals surface area contributed by atoms with Crippen LogP contribution in [0, 0.1) is 5.92 Å². The first-order valence-corrected chi connectivity index (χ1v) is 9.71. The second-order valence-corrected chi connectivity index (χ2v) is 8.09. The number of aliphatic hydroxyl groups is 1. The Balaban J connectivity index is 1.70. The molecular weight excluding hydrogens is 310 g/mol. The van der Waals surface area contributed by atoms with Crippen LogP contribution in [0.4, 0.5) is 0 Å². The van der Waals surface area contributed by atoms with E-state index >= 15 is 0 Å². The van der Waals surface area contributed by atoms with E-state index in [1.54, 1.807) is 12.1 Å². The van der Waals surface area contributed by atoms with E-state index in [-0.39, 0.29) is 17.4 Å². The molecule has 1 atom stereocenters. The van der Waals surface area contributed by atoms with E-state index < -0.39 is 16.1 Å². The van der Waals surface area contributed by atoms with Crippen molar-refractivity contribution in [2.24, 2.45) is 5.92 Å². The fraction of sp³-hybridized carbons (Fsp3) is 0.444. The second-order valence-electron chi connectivity index (χ2n) is 6.33. The molecule has 0 spiro atoms. The van der Waals surface area contributed by atoms with Crippen molar-refractivity contribution in [1.29, 1.82) is 0 Å². The van der Waals surface area contributed by atoms with Gasteiger partial charge < -0.3 is 5.11 Å². The molecule has 1 aliphatic carbocycles. The van der Waals surface area contributed by atoms with Gasteiger partial charge in [-0.3, -0.25) is 0 Å². The van der Waals surface area contributed by atoms with Crippen LogP contribution in [0.25, 0.3) is 10.8 Å². The quantitative estimate of drug-likeness (QED) is 0.884. The molecule has 1 aliphatic rings. The molecule has 0 bridgehead atoms. The summed E-state index contributed by atoms with van der Waals surface area (Å²) in [6.45, 7) is 0.0832. The van der Waals surface area contributed by atoms with Crippen LogP contribution in [0.3, 0.4) is 0 Å². The number of nitrogens with one attached hydrogen (secondary N) is 1. The lowest BCUT2D eigenvalue weighted by Crippen LogP contribution is -2.37. The SMILES string of the molecule is O=S(=O)(NCC(O)C1CCCCC1)c1ccc2ccccc2c1. The maximum Gasteiger partial charge on any atom is 0.240 e. The fourth-order valence-corrected chi connectivity index (χ4v) is 4.38. The van der Waals surface area contributed by atoms with E-state index in [0.29, 0.717) is 0 Å². The minimum absolute atomic E-state index is 0.0832. The zero-order chi connectivity index (χ0) is 16.3. The van der Waals surface area contributed by atoms with Gasteiger partial charge in [0.25, 0.3) is 0 Å². The zero-order valence-electron chi connectivity index (χ0n) is 13.1. The van der Waals surface area contributed by atoms with Gasteiger partial charge in [0.05, 0.1) is 11.0 Å². The number of sulfonamides is 1. The Labute approximate surface area is 137 Å². The van der Waals surface area contributed by atoms with Crippen molar-refractivity contribution in [3.05, 3.63) is 42.5 Å². The van der Waals surface area contributed by atoms with Gasteiger partial charge in [0, 0.05) is 6.54 Å². The highest BCUT2D eigenvalue weighted by Crippen LogP contribution is 2.26. The van der Waals surface area contributed by atoms with Gasteiger partial charge in [-0.2, -0.15) is 0 Å². The highest BCUT2D eigenvalue weighted by molar-refractivity contribution is 7.89. The Hall–Kier alpha value is -1.43. The number of hydrogen-bond acceptors (Lipinski definition) is 3. The van der Waals surface area contributed by atoms with Crippen molar-refractivity contribution >= 4 is 20.8 Å². The fourth-order valence-electron chi connectivity index (χ4n) is 3.30. The summed E-state index contributed by atoms with van der Waals surface area (Å²) in [5.41, 5.74) is 0. The van der Waals surface area contributed by atoms with Crippen molar-refractivity contribution in [2.45, 2.75) is 43.1 Å². The molecule has 0 amide bonds. The van der Waals surface area contributed by atoms with Gasteiger partial charge in [0.1, 0.15) is 0 Å². The van der Waals surface area contributed by atoms with Crippen molar-refractivity contribution in [3.8, 4) is 0 Å². The van der Waals surface area contributed by atoms with Crippen molar-refractivity contribution in [1.82, 2.24) is 4.72 Å². The lowest BCUT2D eigenvalue weighted by atomic mass is 9.85. The number of rotatable bonds is 5. The largest absolute Gasteiger partial charge is 0.391 e. The zero-order valence-corrected chi connectivity index (χ0v) is 13.9. The number of fused-ring (bicyclic) bond motifs is 1. The molecule has 0 radical (unpaired) electrons. The average molecular weight is 333 g/mol. The maximum absolute atomic E-state index is 12.4. The summed E-state index contributed by atoms with van der Waals surface area (Å²) in [7, 11) is -3.60. The second kappa shape index (κ2) is 6.99. The minimum Gasteiger partial charge on any atom is -0.391 e. The van der Waals surface area contributed by atoms with Crippen molar-refractivity contribution in [2.75, 3.05) is 6.54 Å². The molecule has 1 fully saturated rings. The third-order valence-electron chi connectivity index (χ3n) is 4.71. The van der Waals surface area contributed by atoms with Crippen molar-refractivity contribution in [3.63, 3.8) is 0 Å². The van der Waals surface area contributed by atoms with E-state index in [0.717, 1.165) is 36.5 Å². The average Bonchev–Trinajstić information content (AvgIpc) is 2.60. The first-order valence-electron chi connectivity index (χ1n) is 8.23. The lowest BCUT2D eigenvalue weighted by molar-refractivity contribution is 0.0888.